The van der Waals surface area contributed by atoms with Gasteiger partial charge in [-0.15, -0.1) is 0 Å². The predicted molar refractivity (Wildman–Crippen MR) is 426 cm³/mol. The van der Waals surface area contributed by atoms with E-state index in [0.717, 1.165) is 89.9 Å². The number of carbonyl (C=O) groups is 3. The lowest BCUT2D eigenvalue weighted by molar-refractivity contribution is -0.870. The first kappa shape index (κ1) is 94.9. The number of carbonyl (C=O) groups excluding carboxylic acids is 3. The highest BCUT2D eigenvalue weighted by Crippen LogP contribution is 2.19. The van der Waals surface area contributed by atoms with Crippen molar-refractivity contribution in [3.05, 3.63) is 109 Å². The zero-order valence-corrected chi connectivity index (χ0v) is 65.6. The molecule has 2 atom stereocenters. The van der Waals surface area contributed by atoms with Crippen LogP contribution in [0.25, 0.3) is 0 Å². The van der Waals surface area contributed by atoms with Gasteiger partial charge in [0.05, 0.1) is 40.3 Å². The number of likely N-dealkylation sites (N-methyl/N-ethyl adjacent to an activating group) is 1. The van der Waals surface area contributed by atoms with Crippen molar-refractivity contribution in [2.75, 3.05) is 47.5 Å². The zero-order chi connectivity index (χ0) is 71.8. The fourth-order valence-electron chi connectivity index (χ4n) is 12.1. The average molecular weight is 1380 g/mol. The molecule has 0 radical (unpaired) electrons. The Labute approximate surface area is 613 Å². The van der Waals surface area contributed by atoms with E-state index in [-0.39, 0.29) is 32.2 Å². The number of aliphatic carboxylic acids is 1. The van der Waals surface area contributed by atoms with Gasteiger partial charge in [-0.05, 0) is 103 Å². The number of carboxylic acid groups (broad SMARTS) is 1. The number of allylic oxidation sites excluding steroid dienone is 18. The second-order valence-electron chi connectivity index (χ2n) is 29.4. The van der Waals surface area contributed by atoms with E-state index in [4.69, 9.17) is 18.9 Å². The molecule has 572 valence electrons. The normalized spacial score (nSPS) is 13.2. The summed E-state index contributed by atoms with van der Waals surface area (Å²) in [6, 6.07) is 0. The van der Waals surface area contributed by atoms with E-state index >= 15 is 0 Å². The number of nitrogens with zero attached hydrogens (tertiary/aromatic N) is 1. The van der Waals surface area contributed by atoms with Crippen LogP contribution in [-0.4, -0.2) is 82.3 Å². The maximum atomic E-state index is 13.0. The van der Waals surface area contributed by atoms with Crippen LogP contribution >= 0.6 is 0 Å². The Hall–Kier alpha value is -4.05. The quantitative estimate of drug-likeness (QED) is 0.0195. The van der Waals surface area contributed by atoms with Gasteiger partial charge in [0.2, 0.25) is 0 Å². The van der Waals surface area contributed by atoms with Crippen LogP contribution in [0.2, 0.25) is 0 Å². The van der Waals surface area contributed by atoms with Crippen LogP contribution in [0.15, 0.2) is 109 Å². The van der Waals surface area contributed by atoms with E-state index in [1.165, 1.54) is 263 Å². The van der Waals surface area contributed by atoms with Gasteiger partial charge in [-0.1, -0.05) is 380 Å². The largest absolute Gasteiger partial charge is 0.545 e. The molecule has 9 heteroatoms. The monoisotopic (exact) mass is 1380 g/mol. The molecule has 0 aromatic rings. The van der Waals surface area contributed by atoms with Crippen molar-refractivity contribution >= 4 is 17.9 Å². The standard InChI is InChI=1S/C90H159NO8/c1-6-8-10-12-14-16-18-20-22-24-26-28-30-32-34-36-38-40-42-43-44-45-47-48-50-52-54-56-58-60-62-64-66-68-70-72-74-76-78-80-87(92)97-84-86(85-98-90(89(94)95)96-83-82-91(3,4)5)99-88(93)81-79-77-75-73-71-69-67-65-63-61-59-57-55-53-51-49-46-41-39-37-35-33-31-29-27-25-23-21-19-17-15-13-11-9-7-2/h9,11,15,17-18,20-21,23-24,26-27,29-30,32-33,35,39,41,86,90H,6-8,10,12-14,16,19,22,25,28,31,34,36-38,40,42-85H2,1-5H3/b11-9-,17-15-,20-18-,23-21-,26-24-,29-27-,32-30-,35-33-,41-39-. The van der Waals surface area contributed by atoms with Gasteiger partial charge in [0.1, 0.15) is 13.2 Å². The fourth-order valence-corrected chi connectivity index (χ4v) is 12.1. The highest BCUT2D eigenvalue weighted by molar-refractivity contribution is 5.70. The average Bonchev–Trinajstić information content (AvgIpc) is 1.16. The number of quaternary nitrogens is 1. The molecule has 99 heavy (non-hydrogen) atoms. The van der Waals surface area contributed by atoms with Crippen LogP contribution in [0.5, 0.6) is 0 Å². The third kappa shape index (κ3) is 81.1. The van der Waals surface area contributed by atoms with Crippen LogP contribution in [0, 0.1) is 0 Å². The number of esters is 2. The molecular formula is C90H159NO8. The van der Waals surface area contributed by atoms with E-state index < -0.39 is 24.3 Å². The topological polar surface area (TPSA) is 111 Å². The number of unbranched alkanes of at least 4 members (excludes halogenated alkanes) is 45. The number of carboxylic acids is 1. The smallest absolute Gasteiger partial charge is 0.306 e. The molecule has 0 bridgehead atoms. The molecule has 9 nitrogen and oxygen atoms in total. The number of rotatable bonds is 78. The molecule has 0 rings (SSSR count). The van der Waals surface area contributed by atoms with Crippen LogP contribution in [0.3, 0.4) is 0 Å². The number of hydrogen-bond acceptors (Lipinski definition) is 8. The second kappa shape index (κ2) is 79.6. The fraction of sp³-hybridized carbons (Fsp3) is 0.767. The zero-order valence-electron chi connectivity index (χ0n) is 65.6. The Morgan fingerprint density at radius 2 is 0.576 bits per heavy atom. The van der Waals surface area contributed by atoms with Gasteiger partial charge in [0, 0.05) is 12.8 Å². The lowest BCUT2D eigenvalue weighted by Crippen LogP contribution is -2.44. The van der Waals surface area contributed by atoms with Gasteiger partial charge < -0.3 is 33.3 Å². The minimum Gasteiger partial charge on any atom is -0.545 e. The molecule has 0 amide bonds. The van der Waals surface area contributed by atoms with E-state index in [0.29, 0.717) is 23.9 Å². The molecule has 2 unspecified atom stereocenters. The number of ether oxygens (including phenoxy) is 4. The van der Waals surface area contributed by atoms with Crippen molar-refractivity contribution in [1.29, 1.82) is 0 Å². The molecule has 0 aliphatic heterocycles. The molecule has 0 fully saturated rings. The van der Waals surface area contributed by atoms with Gasteiger partial charge in [-0.2, -0.15) is 0 Å². The van der Waals surface area contributed by atoms with E-state index in [2.05, 4.69) is 123 Å². The second-order valence-corrected chi connectivity index (χ2v) is 29.4. The van der Waals surface area contributed by atoms with Crippen LogP contribution in [0.4, 0.5) is 0 Å². The predicted octanol–water partition coefficient (Wildman–Crippen LogP) is 25.9. The van der Waals surface area contributed by atoms with Gasteiger partial charge in [-0.3, -0.25) is 9.59 Å². The van der Waals surface area contributed by atoms with E-state index in [1.807, 2.05) is 21.1 Å². The summed E-state index contributed by atoms with van der Waals surface area (Å²) in [5.41, 5.74) is 0. The van der Waals surface area contributed by atoms with Crippen LogP contribution < -0.4 is 5.11 Å². The van der Waals surface area contributed by atoms with Gasteiger partial charge in [0.25, 0.3) is 0 Å². The lowest BCUT2D eigenvalue weighted by atomic mass is 10.0. The molecule has 0 N–H and O–H groups in total. The van der Waals surface area contributed by atoms with Crippen LogP contribution in [-0.2, 0) is 33.3 Å². The molecular weight excluding hydrogens is 1220 g/mol. The minimum atomic E-state index is -1.63. The molecule has 0 aliphatic rings. The van der Waals surface area contributed by atoms with Gasteiger partial charge >= 0.3 is 11.9 Å². The first-order valence-corrected chi connectivity index (χ1v) is 42.0. The Morgan fingerprint density at radius 1 is 0.313 bits per heavy atom. The first-order valence-electron chi connectivity index (χ1n) is 42.0. The summed E-state index contributed by atoms with van der Waals surface area (Å²) in [6.07, 6.45) is 109. The lowest BCUT2D eigenvalue weighted by Gasteiger charge is -2.26. The first-order chi connectivity index (χ1) is 48.6. The highest BCUT2D eigenvalue weighted by atomic mass is 16.7. The molecule has 0 aromatic heterocycles. The molecule has 0 saturated heterocycles. The van der Waals surface area contributed by atoms with Crippen molar-refractivity contribution in [3.63, 3.8) is 0 Å². The van der Waals surface area contributed by atoms with Crippen molar-refractivity contribution in [3.8, 4) is 0 Å². The molecule has 0 aliphatic carbocycles. The van der Waals surface area contributed by atoms with Crippen molar-refractivity contribution in [2.45, 2.75) is 399 Å². The minimum absolute atomic E-state index is 0.147. The maximum Gasteiger partial charge on any atom is 0.306 e. The van der Waals surface area contributed by atoms with Crippen LogP contribution in [0.1, 0.15) is 386 Å². The highest BCUT2D eigenvalue weighted by Gasteiger charge is 2.22. The Kier molecular flexibility index (Phi) is 76.4. The summed E-state index contributed by atoms with van der Waals surface area (Å²) in [5, 5.41) is 11.9. The SMILES string of the molecule is CC/C=C\C/C=C\C/C=C\C/C=C\C/C=C\C/C=C\CCCCCCCCCCCCCCCCCCC(=O)OC(COC(=O)CCCCCCCCCCCCCCCCCCCCCCCCCC/C=C\C/C=C\C/C=C\CCCCCCC)COC(OCC[N+](C)(C)C)C(=O)[O-]. The third-order valence-corrected chi connectivity index (χ3v) is 18.5. The molecule has 0 heterocycles. The summed E-state index contributed by atoms with van der Waals surface area (Å²) in [4.78, 5) is 37.7. The molecule has 0 aromatic carbocycles. The molecule has 0 saturated carbocycles. The van der Waals surface area contributed by atoms with Gasteiger partial charge in [-0.25, -0.2) is 0 Å². The Morgan fingerprint density at radius 3 is 0.859 bits per heavy atom. The van der Waals surface area contributed by atoms with E-state index in [9.17, 15) is 19.5 Å². The Bertz CT molecular complexity index is 2000. The summed E-state index contributed by atoms with van der Waals surface area (Å²) in [5.74, 6) is -2.26. The summed E-state index contributed by atoms with van der Waals surface area (Å²) in [7, 11) is 5.95. The van der Waals surface area contributed by atoms with Crippen molar-refractivity contribution in [1.82, 2.24) is 0 Å². The third-order valence-electron chi connectivity index (χ3n) is 18.5. The van der Waals surface area contributed by atoms with E-state index in [1.54, 1.807) is 0 Å². The maximum absolute atomic E-state index is 13.0. The van der Waals surface area contributed by atoms with Gasteiger partial charge in [0.15, 0.2) is 12.4 Å². The number of hydrogen-bond donors (Lipinski definition) is 0. The summed E-state index contributed by atoms with van der Waals surface area (Å²) in [6.45, 7) is 4.67. The van der Waals surface area contributed by atoms with Crippen molar-refractivity contribution < 1.29 is 42.9 Å². The van der Waals surface area contributed by atoms with Crippen molar-refractivity contribution in [2.24, 2.45) is 0 Å². The Balaban J connectivity index is 3.97. The molecule has 0 spiro atoms. The summed E-state index contributed by atoms with van der Waals surface area (Å²) >= 11 is 0. The summed E-state index contributed by atoms with van der Waals surface area (Å²) < 4.78 is 22.9.